The predicted octanol–water partition coefficient (Wildman–Crippen LogP) is 1.32. The van der Waals surface area contributed by atoms with E-state index in [-0.39, 0.29) is 10.7 Å². The molecule has 0 bridgehead atoms. The Morgan fingerprint density at radius 1 is 1.71 bits per heavy atom. The molecule has 7 heteroatoms. The Bertz CT molecular complexity index is 471. The standard InChI is InChI=1S/C10H12BrClN4O/c11-6-1-2-16-8(4-7(12)3-6)5-14-9(16)10(17)15-13/h3,5-6H,1-2,4,13H2,(H,15,17)/b7-3+. The van der Waals surface area contributed by atoms with Gasteiger partial charge in [-0.2, -0.15) is 0 Å². The van der Waals surface area contributed by atoms with Crippen LogP contribution in [-0.2, 0) is 13.0 Å². The van der Waals surface area contributed by atoms with Gasteiger partial charge >= 0.3 is 5.91 Å². The SMILES string of the molecule is NNC(=O)c1ncc2n1CCC(Br)/C=C(/Cl)C2. The molecule has 5 nitrogen and oxygen atoms in total. The van der Waals surface area contributed by atoms with Gasteiger partial charge in [0.2, 0.25) is 5.82 Å². The van der Waals surface area contributed by atoms with Gasteiger partial charge < -0.3 is 4.57 Å². The molecule has 2 rings (SSSR count). The second kappa shape index (κ2) is 5.20. The molecule has 1 aromatic rings. The minimum absolute atomic E-state index is 0.208. The van der Waals surface area contributed by atoms with Crippen molar-refractivity contribution in [3.8, 4) is 0 Å². The fraction of sp³-hybridized carbons (Fsp3) is 0.400. The molecule has 0 aliphatic carbocycles. The van der Waals surface area contributed by atoms with Crippen LogP contribution in [-0.4, -0.2) is 20.3 Å². The Balaban J connectivity index is 2.37. The van der Waals surface area contributed by atoms with Crippen molar-refractivity contribution in [2.75, 3.05) is 0 Å². The van der Waals surface area contributed by atoms with Crippen LogP contribution in [0.2, 0.25) is 0 Å². The van der Waals surface area contributed by atoms with Gasteiger partial charge in [-0.15, -0.1) is 0 Å². The summed E-state index contributed by atoms with van der Waals surface area (Å²) in [5, 5.41) is 0.743. The number of hydrogen-bond acceptors (Lipinski definition) is 3. The molecule has 1 atom stereocenters. The lowest BCUT2D eigenvalue weighted by molar-refractivity contribution is 0.0938. The number of carbonyl (C=O) groups excluding carboxylic acids is 1. The minimum atomic E-state index is -0.386. The molecule has 1 aliphatic rings. The third-order valence-corrected chi connectivity index (χ3v) is 3.59. The lowest BCUT2D eigenvalue weighted by atomic mass is 10.2. The molecule has 0 saturated heterocycles. The largest absolute Gasteiger partial charge is 0.324 e. The van der Waals surface area contributed by atoms with Crippen molar-refractivity contribution in [3.63, 3.8) is 0 Å². The number of hydrazine groups is 1. The fourth-order valence-corrected chi connectivity index (χ4v) is 2.78. The minimum Gasteiger partial charge on any atom is -0.324 e. The molecule has 0 radical (unpaired) electrons. The van der Waals surface area contributed by atoms with E-state index in [9.17, 15) is 4.79 Å². The number of nitrogen functional groups attached to an aromatic ring is 1. The molecule has 1 aliphatic heterocycles. The van der Waals surface area contributed by atoms with E-state index >= 15 is 0 Å². The number of halogens is 2. The third kappa shape index (κ3) is 2.70. The number of amides is 1. The molecule has 1 amide bonds. The molecule has 0 fully saturated rings. The molecule has 92 valence electrons. The summed E-state index contributed by atoms with van der Waals surface area (Å²) in [4.78, 5) is 15.8. The Hall–Kier alpha value is -0.850. The van der Waals surface area contributed by atoms with E-state index in [2.05, 4.69) is 26.3 Å². The topological polar surface area (TPSA) is 72.9 Å². The predicted molar refractivity (Wildman–Crippen MR) is 68.9 cm³/mol. The van der Waals surface area contributed by atoms with Gasteiger partial charge in [-0.3, -0.25) is 10.2 Å². The van der Waals surface area contributed by atoms with E-state index in [0.29, 0.717) is 18.8 Å². The molecule has 1 unspecified atom stereocenters. The van der Waals surface area contributed by atoms with Crippen molar-refractivity contribution in [2.45, 2.75) is 24.2 Å². The summed E-state index contributed by atoms with van der Waals surface area (Å²) in [6, 6.07) is 0. The number of fused-ring (bicyclic) bond motifs is 1. The van der Waals surface area contributed by atoms with Gasteiger partial charge in [0.1, 0.15) is 0 Å². The molecule has 0 spiro atoms. The average Bonchev–Trinajstić information content (AvgIpc) is 2.65. The highest BCUT2D eigenvalue weighted by Crippen LogP contribution is 2.22. The van der Waals surface area contributed by atoms with Crippen LogP contribution in [0.4, 0.5) is 0 Å². The molecular formula is C10H12BrClN4O. The zero-order valence-corrected chi connectivity index (χ0v) is 11.3. The van der Waals surface area contributed by atoms with E-state index in [4.69, 9.17) is 17.4 Å². The number of carbonyl (C=O) groups is 1. The molecule has 0 aromatic carbocycles. The number of nitrogens with two attached hydrogens (primary N) is 1. The summed E-state index contributed by atoms with van der Waals surface area (Å²) in [5.41, 5.74) is 3.01. The summed E-state index contributed by atoms with van der Waals surface area (Å²) < 4.78 is 1.85. The van der Waals surface area contributed by atoms with Crippen LogP contribution in [0.5, 0.6) is 0 Å². The second-order valence-electron chi connectivity index (χ2n) is 3.79. The molecule has 0 saturated carbocycles. The summed E-state index contributed by atoms with van der Waals surface area (Å²) in [6.07, 6.45) is 5.05. The van der Waals surface area contributed by atoms with Crippen LogP contribution >= 0.6 is 27.5 Å². The Morgan fingerprint density at radius 3 is 3.18 bits per heavy atom. The Kier molecular flexibility index (Phi) is 3.86. The molecule has 3 N–H and O–H groups in total. The molecular weight excluding hydrogens is 307 g/mol. The first kappa shape index (κ1) is 12.6. The number of rotatable bonds is 1. The average molecular weight is 320 g/mol. The summed E-state index contributed by atoms with van der Waals surface area (Å²) in [5.74, 6) is 5.06. The number of imidazole rings is 1. The maximum Gasteiger partial charge on any atom is 0.301 e. The monoisotopic (exact) mass is 318 g/mol. The van der Waals surface area contributed by atoms with Crippen molar-refractivity contribution < 1.29 is 4.79 Å². The van der Waals surface area contributed by atoms with E-state index in [1.807, 2.05) is 10.6 Å². The number of nitrogens with zero attached hydrogens (tertiary/aromatic N) is 2. The smallest absolute Gasteiger partial charge is 0.301 e. The Morgan fingerprint density at radius 2 is 2.47 bits per heavy atom. The number of hydrogen-bond donors (Lipinski definition) is 2. The van der Waals surface area contributed by atoms with E-state index in [1.165, 1.54) is 0 Å². The number of allylic oxidation sites excluding steroid dienone is 2. The Labute approximate surface area is 112 Å². The number of aromatic nitrogens is 2. The first-order valence-electron chi connectivity index (χ1n) is 5.17. The second-order valence-corrected chi connectivity index (χ2v) is 5.45. The van der Waals surface area contributed by atoms with Crippen LogP contribution < -0.4 is 11.3 Å². The highest BCUT2D eigenvalue weighted by atomic mass is 79.9. The van der Waals surface area contributed by atoms with Gasteiger partial charge in [0.05, 0.1) is 0 Å². The summed E-state index contributed by atoms with van der Waals surface area (Å²) >= 11 is 9.62. The first-order chi connectivity index (χ1) is 8.11. The van der Waals surface area contributed by atoms with Gasteiger partial charge in [0, 0.05) is 34.7 Å². The summed E-state index contributed by atoms with van der Waals surface area (Å²) in [6.45, 7) is 0.703. The van der Waals surface area contributed by atoms with E-state index in [1.54, 1.807) is 6.20 Å². The van der Waals surface area contributed by atoms with Crippen LogP contribution in [0, 0.1) is 0 Å². The van der Waals surface area contributed by atoms with Crippen molar-refractivity contribution in [1.82, 2.24) is 15.0 Å². The highest BCUT2D eigenvalue weighted by Gasteiger charge is 2.19. The number of nitrogens with one attached hydrogen (secondary N) is 1. The van der Waals surface area contributed by atoms with Gasteiger partial charge in [0.25, 0.3) is 0 Å². The quantitative estimate of drug-likeness (QED) is 0.355. The van der Waals surface area contributed by atoms with Crippen LogP contribution in [0.3, 0.4) is 0 Å². The van der Waals surface area contributed by atoms with Crippen molar-refractivity contribution >= 4 is 33.4 Å². The lowest BCUT2D eigenvalue weighted by Gasteiger charge is -2.15. The van der Waals surface area contributed by atoms with E-state index < -0.39 is 0 Å². The van der Waals surface area contributed by atoms with Gasteiger partial charge in [-0.05, 0) is 6.42 Å². The third-order valence-electron chi connectivity index (χ3n) is 2.61. The van der Waals surface area contributed by atoms with Gasteiger partial charge in [-0.1, -0.05) is 33.6 Å². The maximum atomic E-state index is 11.5. The normalized spacial score (nSPS) is 23.0. The van der Waals surface area contributed by atoms with Crippen molar-refractivity contribution in [2.24, 2.45) is 5.84 Å². The van der Waals surface area contributed by atoms with Crippen LogP contribution in [0.1, 0.15) is 22.7 Å². The molecule has 2 heterocycles. The number of alkyl halides is 1. The molecule has 17 heavy (non-hydrogen) atoms. The lowest BCUT2D eigenvalue weighted by Crippen LogP contribution is -2.33. The van der Waals surface area contributed by atoms with Crippen molar-refractivity contribution in [3.05, 3.63) is 28.8 Å². The van der Waals surface area contributed by atoms with Crippen LogP contribution in [0.15, 0.2) is 17.3 Å². The zero-order chi connectivity index (χ0) is 12.4. The first-order valence-corrected chi connectivity index (χ1v) is 6.46. The zero-order valence-electron chi connectivity index (χ0n) is 8.99. The summed E-state index contributed by atoms with van der Waals surface area (Å²) in [7, 11) is 0. The van der Waals surface area contributed by atoms with Gasteiger partial charge in [-0.25, -0.2) is 10.8 Å². The highest BCUT2D eigenvalue weighted by molar-refractivity contribution is 9.09. The maximum absolute atomic E-state index is 11.5. The van der Waals surface area contributed by atoms with Crippen LogP contribution in [0.25, 0.3) is 0 Å². The molecule has 1 aromatic heterocycles. The van der Waals surface area contributed by atoms with Gasteiger partial charge in [0.15, 0.2) is 0 Å². The van der Waals surface area contributed by atoms with Crippen molar-refractivity contribution in [1.29, 1.82) is 0 Å². The fourth-order valence-electron chi connectivity index (χ4n) is 1.81. The van der Waals surface area contributed by atoms with E-state index in [0.717, 1.165) is 17.1 Å².